The van der Waals surface area contributed by atoms with Gasteiger partial charge in [0.2, 0.25) is 0 Å². The van der Waals surface area contributed by atoms with E-state index in [1.807, 2.05) is 13.0 Å². The Kier molecular flexibility index (Phi) is 3.58. The van der Waals surface area contributed by atoms with Crippen molar-refractivity contribution in [2.75, 3.05) is 11.9 Å². The summed E-state index contributed by atoms with van der Waals surface area (Å²) in [6, 6.07) is 9.75. The van der Waals surface area contributed by atoms with E-state index in [2.05, 4.69) is 10.3 Å². The molecule has 3 aromatic rings. The number of fused-ring (bicyclic) bond motifs is 1. The third-order valence-electron chi connectivity index (χ3n) is 3.57. The van der Waals surface area contributed by atoms with Gasteiger partial charge >= 0.3 is 0 Å². The Labute approximate surface area is 127 Å². The SMILES string of the molecule is Cc1cc(NCC(C)(O)c2ccco2)c2cc(F)ccc2n1. The summed E-state index contributed by atoms with van der Waals surface area (Å²) in [7, 11) is 0. The lowest BCUT2D eigenvalue weighted by atomic mass is 10.0. The first-order valence-electron chi connectivity index (χ1n) is 7.03. The number of hydrogen-bond acceptors (Lipinski definition) is 4. The van der Waals surface area contributed by atoms with Crippen LogP contribution in [0.1, 0.15) is 18.4 Å². The number of hydrogen-bond donors (Lipinski definition) is 2. The molecule has 1 unspecified atom stereocenters. The molecular weight excluding hydrogens is 283 g/mol. The highest BCUT2D eigenvalue weighted by atomic mass is 19.1. The van der Waals surface area contributed by atoms with Crippen LogP contribution < -0.4 is 5.32 Å². The number of furan rings is 1. The molecule has 5 heteroatoms. The van der Waals surface area contributed by atoms with Gasteiger partial charge in [0.25, 0.3) is 0 Å². The number of nitrogens with zero attached hydrogens (tertiary/aromatic N) is 1. The Bertz CT molecular complexity index is 798. The van der Waals surface area contributed by atoms with Crippen LogP contribution in [0.2, 0.25) is 0 Å². The van der Waals surface area contributed by atoms with Crippen molar-refractivity contribution in [2.45, 2.75) is 19.4 Å². The van der Waals surface area contributed by atoms with Crippen LogP contribution in [0.15, 0.2) is 47.1 Å². The fourth-order valence-electron chi connectivity index (χ4n) is 2.42. The Morgan fingerprint density at radius 2 is 2.14 bits per heavy atom. The molecule has 0 aliphatic rings. The molecule has 0 aliphatic heterocycles. The molecule has 0 radical (unpaired) electrons. The molecule has 0 aliphatic carbocycles. The van der Waals surface area contributed by atoms with Crippen molar-refractivity contribution < 1.29 is 13.9 Å². The smallest absolute Gasteiger partial charge is 0.136 e. The van der Waals surface area contributed by atoms with Crippen molar-refractivity contribution in [1.82, 2.24) is 4.98 Å². The number of anilines is 1. The highest BCUT2D eigenvalue weighted by Crippen LogP contribution is 2.27. The van der Waals surface area contributed by atoms with Gasteiger partial charge in [0, 0.05) is 16.8 Å². The Hall–Kier alpha value is -2.40. The van der Waals surface area contributed by atoms with Crippen LogP contribution in [0.5, 0.6) is 0 Å². The van der Waals surface area contributed by atoms with Crippen molar-refractivity contribution in [2.24, 2.45) is 0 Å². The van der Waals surface area contributed by atoms with Crippen LogP contribution in [0.25, 0.3) is 10.9 Å². The molecule has 4 nitrogen and oxygen atoms in total. The van der Waals surface area contributed by atoms with Gasteiger partial charge in [-0.1, -0.05) is 0 Å². The largest absolute Gasteiger partial charge is 0.466 e. The van der Waals surface area contributed by atoms with Gasteiger partial charge in [0.05, 0.1) is 18.3 Å². The first-order valence-corrected chi connectivity index (χ1v) is 7.03. The first-order chi connectivity index (χ1) is 10.5. The number of aryl methyl sites for hydroxylation is 1. The fourth-order valence-corrected chi connectivity index (χ4v) is 2.42. The van der Waals surface area contributed by atoms with E-state index in [4.69, 9.17) is 4.42 Å². The summed E-state index contributed by atoms with van der Waals surface area (Å²) in [5, 5.41) is 14.3. The normalized spacial score (nSPS) is 14.0. The standard InChI is InChI=1S/C17H17FN2O2/c1-11-8-15(13-9-12(18)5-6-14(13)20-11)19-10-17(2,21)16-4-3-7-22-16/h3-9,21H,10H2,1-2H3,(H,19,20). The predicted molar refractivity (Wildman–Crippen MR) is 83.2 cm³/mol. The number of benzene rings is 1. The maximum absolute atomic E-state index is 13.5. The maximum Gasteiger partial charge on any atom is 0.136 e. The lowest BCUT2D eigenvalue weighted by molar-refractivity contribution is 0.0477. The zero-order valence-electron chi connectivity index (χ0n) is 12.4. The first kappa shape index (κ1) is 14.5. The molecule has 0 saturated carbocycles. The average molecular weight is 300 g/mol. The molecule has 114 valence electrons. The quantitative estimate of drug-likeness (QED) is 0.773. The Morgan fingerprint density at radius 1 is 1.32 bits per heavy atom. The van der Waals surface area contributed by atoms with Gasteiger partial charge in [0.15, 0.2) is 0 Å². The number of rotatable bonds is 4. The molecule has 0 spiro atoms. The van der Waals surface area contributed by atoms with E-state index < -0.39 is 5.60 Å². The zero-order valence-corrected chi connectivity index (χ0v) is 12.4. The van der Waals surface area contributed by atoms with Gasteiger partial charge < -0.3 is 14.8 Å². The summed E-state index contributed by atoms with van der Waals surface area (Å²) >= 11 is 0. The monoisotopic (exact) mass is 300 g/mol. The minimum atomic E-state index is -1.17. The number of pyridine rings is 1. The van der Waals surface area contributed by atoms with Crippen LogP contribution in [-0.4, -0.2) is 16.6 Å². The maximum atomic E-state index is 13.5. The van der Waals surface area contributed by atoms with E-state index in [1.165, 1.54) is 18.4 Å². The molecule has 0 bridgehead atoms. The zero-order chi connectivity index (χ0) is 15.7. The Balaban J connectivity index is 1.92. The number of aromatic nitrogens is 1. The molecule has 2 N–H and O–H groups in total. The van der Waals surface area contributed by atoms with E-state index in [0.717, 1.165) is 11.4 Å². The lowest BCUT2D eigenvalue weighted by Crippen LogP contribution is -2.30. The second-order valence-electron chi connectivity index (χ2n) is 5.58. The summed E-state index contributed by atoms with van der Waals surface area (Å²) < 4.78 is 18.7. The Morgan fingerprint density at radius 3 is 2.86 bits per heavy atom. The van der Waals surface area contributed by atoms with Crippen molar-refractivity contribution in [1.29, 1.82) is 0 Å². The summed E-state index contributed by atoms with van der Waals surface area (Å²) in [5.41, 5.74) is 1.09. The van der Waals surface area contributed by atoms with Gasteiger partial charge in [-0.15, -0.1) is 0 Å². The molecule has 1 atom stereocenters. The molecule has 22 heavy (non-hydrogen) atoms. The van der Waals surface area contributed by atoms with Gasteiger partial charge in [-0.3, -0.25) is 4.98 Å². The molecule has 2 aromatic heterocycles. The third kappa shape index (κ3) is 2.80. The van der Waals surface area contributed by atoms with Gasteiger partial charge in [0.1, 0.15) is 17.2 Å². The number of nitrogens with one attached hydrogen (secondary N) is 1. The third-order valence-corrected chi connectivity index (χ3v) is 3.57. The number of halogens is 1. The molecule has 2 heterocycles. The average Bonchev–Trinajstić information content (AvgIpc) is 3.00. The summed E-state index contributed by atoms with van der Waals surface area (Å²) in [4.78, 5) is 4.38. The van der Waals surface area contributed by atoms with E-state index in [9.17, 15) is 9.50 Å². The van der Waals surface area contributed by atoms with Gasteiger partial charge in [-0.05, 0) is 50.2 Å². The van der Waals surface area contributed by atoms with Crippen molar-refractivity contribution >= 4 is 16.6 Å². The predicted octanol–water partition coefficient (Wildman–Crippen LogP) is 3.59. The van der Waals surface area contributed by atoms with E-state index in [1.54, 1.807) is 25.1 Å². The fraction of sp³-hybridized carbons (Fsp3) is 0.235. The summed E-state index contributed by atoms with van der Waals surface area (Å²) in [6.07, 6.45) is 1.52. The number of aliphatic hydroxyl groups is 1. The molecule has 0 saturated heterocycles. The van der Waals surface area contributed by atoms with Gasteiger partial charge in [-0.2, -0.15) is 0 Å². The van der Waals surface area contributed by atoms with Crippen LogP contribution in [0, 0.1) is 12.7 Å². The van der Waals surface area contributed by atoms with Gasteiger partial charge in [-0.25, -0.2) is 4.39 Å². The lowest BCUT2D eigenvalue weighted by Gasteiger charge is -2.22. The van der Waals surface area contributed by atoms with Crippen molar-refractivity contribution in [3.63, 3.8) is 0 Å². The highest BCUT2D eigenvalue weighted by molar-refractivity contribution is 5.91. The van der Waals surface area contributed by atoms with Crippen LogP contribution in [0.4, 0.5) is 10.1 Å². The summed E-state index contributed by atoms with van der Waals surface area (Å²) in [6.45, 7) is 3.77. The molecular formula is C17H17FN2O2. The second-order valence-corrected chi connectivity index (χ2v) is 5.58. The topological polar surface area (TPSA) is 58.3 Å². The van der Waals surface area contributed by atoms with E-state index in [0.29, 0.717) is 16.7 Å². The van der Waals surface area contributed by atoms with E-state index >= 15 is 0 Å². The second kappa shape index (κ2) is 5.42. The van der Waals surface area contributed by atoms with Crippen LogP contribution >= 0.6 is 0 Å². The molecule has 0 fully saturated rings. The summed E-state index contributed by atoms with van der Waals surface area (Å²) in [5.74, 6) is 0.153. The minimum Gasteiger partial charge on any atom is -0.466 e. The minimum absolute atomic E-state index is 0.232. The van der Waals surface area contributed by atoms with Crippen molar-refractivity contribution in [3.05, 3.63) is 59.9 Å². The molecule has 1 aromatic carbocycles. The van der Waals surface area contributed by atoms with Crippen LogP contribution in [-0.2, 0) is 5.60 Å². The van der Waals surface area contributed by atoms with Crippen LogP contribution in [0.3, 0.4) is 0 Å². The molecule has 0 amide bonds. The highest BCUT2D eigenvalue weighted by Gasteiger charge is 2.26. The molecule has 3 rings (SSSR count). The van der Waals surface area contributed by atoms with Crippen molar-refractivity contribution in [3.8, 4) is 0 Å². The van der Waals surface area contributed by atoms with E-state index in [-0.39, 0.29) is 12.4 Å².